The van der Waals surface area contributed by atoms with Crippen molar-refractivity contribution in [3.8, 4) is 5.75 Å². The molecule has 0 bridgehead atoms. The maximum absolute atomic E-state index is 5.13. The van der Waals surface area contributed by atoms with Gasteiger partial charge in [0.2, 0.25) is 5.13 Å². The van der Waals surface area contributed by atoms with E-state index >= 15 is 0 Å². The van der Waals surface area contributed by atoms with Crippen LogP contribution >= 0.6 is 34.6 Å². The van der Waals surface area contributed by atoms with Gasteiger partial charge >= 0.3 is 0 Å². The highest BCUT2D eigenvalue weighted by Gasteiger charge is 2.10. The predicted octanol–water partition coefficient (Wildman–Crippen LogP) is 3.86. The van der Waals surface area contributed by atoms with Crippen LogP contribution in [0.15, 0.2) is 32.9 Å². The van der Waals surface area contributed by atoms with Crippen LogP contribution in [0.2, 0.25) is 0 Å². The summed E-state index contributed by atoms with van der Waals surface area (Å²) in [5, 5.41) is 12.3. The van der Waals surface area contributed by atoms with E-state index in [0.29, 0.717) is 0 Å². The van der Waals surface area contributed by atoms with Crippen LogP contribution in [0, 0.1) is 0 Å². The molecule has 0 fully saturated rings. The Hall–Kier alpha value is -1.71. The largest absolute Gasteiger partial charge is 0.497 e. The fourth-order valence-electron chi connectivity index (χ4n) is 1.60. The first-order valence-corrected chi connectivity index (χ1v) is 8.92. The molecule has 0 aliphatic heterocycles. The number of methoxy groups -OCH3 is 1. The summed E-state index contributed by atoms with van der Waals surface area (Å²) in [6.45, 7) is 2.04. The first-order valence-electron chi connectivity index (χ1n) is 6.52. The fraction of sp³-hybridized carbons (Fsp3) is 0.231. The maximum atomic E-state index is 5.13. The van der Waals surface area contributed by atoms with Gasteiger partial charge in [-0.15, -0.1) is 10.2 Å². The number of hydrogen-bond donors (Lipinski definition) is 1. The molecule has 0 saturated carbocycles. The molecular formula is C13H13N5OS3. The Morgan fingerprint density at radius 1 is 1.18 bits per heavy atom. The van der Waals surface area contributed by atoms with E-state index in [4.69, 9.17) is 4.74 Å². The van der Waals surface area contributed by atoms with Crippen LogP contribution in [0.3, 0.4) is 0 Å². The van der Waals surface area contributed by atoms with Crippen molar-refractivity contribution >= 4 is 45.5 Å². The normalized spacial score (nSPS) is 10.6. The van der Waals surface area contributed by atoms with E-state index in [1.165, 1.54) is 34.6 Å². The lowest BCUT2D eigenvalue weighted by molar-refractivity contribution is 0.415. The van der Waals surface area contributed by atoms with Crippen LogP contribution in [0.5, 0.6) is 5.75 Å². The van der Waals surface area contributed by atoms with Crippen LogP contribution in [-0.2, 0) is 6.42 Å². The summed E-state index contributed by atoms with van der Waals surface area (Å²) in [5.41, 5.74) is 0.942. The Balaban J connectivity index is 1.65. The monoisotopic (exact) mass is 351 g/mol. The van der Waals surface area contributed by atoms with Gasteiger partial charge in [-0.1, -0.05) is 18.3 Å². The van der Waals surface area contributed by atoms with Crippen molar-refractivity contribution in [1.29, 1.82) is 0 Å². The Kier molecular flexibility index (Phi) is 4.86. The van der Waals surface area contributed by atoms with Crippen molar-refractivity contribution in [3.05, 3.63) is 30.1 Å². The minimum absolute atomic E-state index is 0.743. The zero-order chi connectivity index (χ0) is 15.4. The summed E-state index contributed by atoms with van der Waals surface area (Å²) in [6.07, 6.45) is 0.845. The third-order valence-electron chi connectivity index (χ3n) is 2.69. The summed E-state index contributed by atoms with van der Waals surface area (Å²) in [4.78, 5) is 4.41. The number of aromatic nitrogens is 4. The second-order valence-electron chi connectivity index (χ2n) is 4.16. The van der Waals surface area contributed by atoms with Crippen LogP contribution in [0.25, 0.3) is 0 Å². The third-order valence-corrected chi connectivity index (χ3v) is 5.37. The standard InChI is InChI=1S/C13H13N5OS3/c1-3-10-15-12(22-18-10)21-13-17-16-11(20-13)14-8-4-6-9(19-2)7-5-8/h4-7H,3H2,1-2H3,(H,14,16). The number of benzene rings is 1. The highest BCUT2D eigenvalue weighted by Crippen LogP contribution is 2.33. The average Bonchev–Trinajstić information content (AvgIpc) is 3.18. The van der Waals surface area contributed by atoms with Gasteiger partial charge in [0.15, 0.2) is 8.68 Å². The van der Waals surface area contributed by atoms with Gasteiger partial charge in [-0.3, -0.25) is 0 Å². The van der Waals surface area contributed by atoms with Gasteiger partial charge in [0.05, 0.1) is 7.11 Å². The van der Waals surface area contributed by atoms with Crippen molar-refractivity contribution < 1.29 is 4.74 Å². The average molecular weight is 351 g/mol. The molecule has 2 aromatic heterocycles. The van der Waals surface area contributed by atoms with Gasteiger partial charge in [0, 0.05) is 12.1 Å². The first kappa shape index (κ1) is 15.2. The smallest absolute Gasteiger partial charge is 0.210 e. The van der Waals surface area contributed by atoms with Crippen molar-refractivity contribution in [2.45, 2.75) is 22.0 Å². The van der Waals surface area contributed by atoms with E-state index in [2.05, 4.69) is 24.9 Å². The SMILES string of the molecule is CCc1nsc(Sc2nnc(Nc3ccc(OC)cc3)s2)n1. The molecule has 3 aromatic rings. The Morgan fingerprint density at radius 2 is 2.00 bits per heavy atom. The molecule has 0 atom stereocenters. The third kappa shape index (κ3) is 3.73. The molecule has 0 saturated heterocycles. The summed E-state index contributed by atoms with van der Waals surface area (Å²) in [5.74, 6) is 1.69. The molecular weight excluding hydrogens is 338 g/mol. The van der Waals surface area contributed by atoms with E-state index in [9.17, 15) is 0 Å². The Labute approximate surface area is 140 Å². The molecule has 0 amide bonds. The maximum Gasteiger partial charge on any atom is 0.210 e. The fourth-order valence-corrected chi connectivity index (χ4v) is 4.27. The van der Waals surface area contributed by atoms with Crippen LogP contribution in [-0.4, -0.2) is 26.7 Å². The van der Waals surface area contributed by atoms with Gasteiger partial charge < -0.3 is 10.1 Å². The van der Waals surface area contributed by atoms with E-state index in [1.54, 1.807) is 7.11 Å². The molecule has 22 heavy (non-hydrogen) atoms. The topological polar surface area (TPSA) is 72.8 Å². The number of ether oxygens (including phenoxy) is 1. The minimum atomic E-state index is 0.743. The highest BCUT2D eigenvalue weighted by molar-refractivity contribution is 8.02. The van der Waals surface area contributed by atoms with Crippen molar-refractivity contribution in [3.63, 3.8) is 0 Å². The number of hydrogen-bond acceptors (Lipinski definition) is 9. The van der Waals surface area contributed by atoms with Gasteiger partial charge in [-0.2, -0.15) is 4.37 Å². The van der Waals surface area contributed by atoms with Crippen LogP contribution < -0.4 is 10.1 Å². The summed E-state index contributed by atoms with van der Waals surface area (Å²) < 4.78 is 11.1. The first-order chi connectivity index (χ1) is 10.8. The zero-order valence-corrected chi connectivity index (χ0v) is 14.4. The molecule has 114 valence electrons. The molecule has 2 heterocycles. The number of anilines is 2. The van der Waals surface area contributed by atoms with E-state index < -0.39 is 0 Å². The molecule has 0 aliphatic rings. The molecule has 3 rings (SSSR count). The van der Waals surface area contributed by atoms with Gasteiger partial charge in [0.25, 0.3) is 0 Å². The van der Waals surface area contributed by atoms with Crippen molar-refractivity contribution in [1.82, 2.24) is 19.6 Å². The van der Waals surface area contributed by atoms with Crippen molar-refractivity contribution in [2.24, 2.45) is 0 Å². The van der Waals surface area contributed by atoms with Gasteiger partial charge in [-0.25, -0.2) is 4.98 Å². The molecule has 0 spiro atoms. The second-order valence-corrected chi connectivity index (χ2v) is 7.38. The molecule has 1 aromatic carbocycles. The Bertz CT molecular complexity index is 740. The summed E-state index contributed by atoms with van der Waals surface area (Å²) in [6, 6.07) is 7.66. The minimum Gasteiger partial charge on any atom is -0.497 e. The molecule has 0 unspecified atom stereocenters. The van der Waals surface area contributed by atoms with Crippen LogP contribution in [0.1, 0.15) is 12.7 Å². The quantitative estimate of drug-likeness (QED) is 0.723. The Morgan fingerprint density at radius 3 is 2.68 bits per heavy atom. The summed E-state index contributed by atoms with van der Waals surface area (Å²) >= 11 is 4.37. The van der Waals surface area contributed by atoms with E-state index in [-0.39, 0.29) is 0 Å². The molecule has 0 aliphatic carbocycles. The molecule has 9 heteroatoms. The van der Waals surface area contributed by atoms with E-state index in [1.807, 2.05) is 31.2 Å². The van der Waals surface area contributed by atoms with E-state index in [0.717, 1.165) is 37.5 Å². The lowest BCUT2D eigenvalue weighted by atomic mass is 10.3. The second kappa shape index (κ2) is 7.03. The highest BCUT2D eigenvalue weighted by atomic mass is 32.2. The number of nitrogens with one attached hydrogen (secondary N) is 1. The lowest BCUT2D eigenvalue weighted by Crippen LogP contribution is -1.89. The summed E-state index contributed by atoms with van der Waals surface area (Å²) in [7, 11) is 1.65. The molecule has 0 radical (unpaired) electrons. The zero-order valence-electron chi connectivity index (χ0n) is 11.9. The predicted molar refractivity (Wildman–Crippen MR) is 89.6 cm³/mol. The number of rotatable bonds is 6. The number of nitrogens with zero attached hydrogens (tertiary/aromatic N) is 4. The van der Waals surface area contributed by atoms with Crippen molar-refractivity contribution in [2.75, 3.05) is 12.4 Å². The molecule has 1 N–H and O–H groups in total. The number of aryl methyl sites for hydroxylation is 1. The molecule has 6 nitrogen and oxygen atoms in total. The van der Waals surface area contributed by atoms with Crippen LogP contribution in [0.4, 0.5) is 10.8 Å². The van der Waals surface area contributed by atoms with Gasteiger partial charge in [-0.05, 0) is 47.6 Å². The lowest BCUT2D eigenvalue weighted by Gasteiger charge is -2.03. The van der Waals surface area contributed by atoms with Gasteiger partial charge in [0.1, 0.15) is 11.6 Å².